The van der Waals surface area contributed by atoms with E-state index in [-0.39, 0.29) is 5.56 Å². The zero-order valence-corrected chi connectivity index (χ0v) is 10.6. The minimum absolute atomic E-state index is 0.0968. The highest BCUT2D eigenvalue weighted by Crippen LogP contribution is 2.32. The first-order valence-electron chi connectivity index (χ1n) is 5.83. The lowest BCUT2D eigenvalue weighted by molar-refractivity contribution is 0.0386. The largest absolute Gasteiger partial charge is 0.453 e. The fourth-order valence-electron chi connectivity index (χ4n) is 2.24. The molecule has 0 radical (unpaired) electrons. The lowest BCUT2D eigenvalue weighted by Crippen LogP contribution is -2.14. The van der Waals surface area contributed by atoms with Crippen molar-refractivity contribution in [3.63, 3.8) is 0 Å². The number of benzene rings is 1. The molecule has 2 heterocycles. The molecular weight excluding hydrogens is 266 g/mol. The number of H-pyrrole nitrogens is 1. The van der Waals surface area contributed by atoms with Crippen molar-refractivity contribution in [1.82, 2.24) is 4.98 Å². The van der Waals surface area contributed by atoms with Gasteiger partial charge in [-0.2, -0.15) is 0 Å². The summed E-state index contributed by atoms with van der Waals surface area (Å²) in [5, 5.41) is 0.622. The average molecular weight is 276 g/mol. The number of nitrogens with one attached hydrogen (secondary N) is 1. The number of fused-ring (bicyclic) bond motifs is 1. The quantitative estimate of drug-likeness (QED) is 0.857. The van der Waals surface area contributed by atoms with E-state index in [2.05, 4.69) is 4.98 Å². The minimum atomic E-state index is -0.575. The van der Waals surface area contributed by atoms with Crippen LogP contribution in [0.3, 0.4) is 0 Å². The molecule has 0 fully saturated rings. The molecule has 4 nitrogen and oxygen atoms in total. The normalized spacial score (nSPS) is 17.1. The van der Waals surface area contributed by atoms with Gasteiger partial charge < -0.3 is 9.72 Å². The monoisotopic (exact) mass is 275 g/mol. The molecule has 1 aliphatic heterocycles. The fourth-order valence-corrected chi connectivity index (χ4v) is 2.45. The number of rotatable bonds is 2. The van der Waals surface area contributed by atoms with Crippen LogP contribution in [0.5, 0.6) is 0 Å². The Bertz CT molecular complexity index is 708. The second-order valence-corrected chi connectivity index (χ2v) is 4.73. The number of aromatic amines is 1. The standard InChI is InChI=1S/C14H10ClNO3/c15-10-4-2-1-3-8(10)7-11-9-5-6-16-13(17)12(9)14(18)19-11/h1-6,11H,7H2,(H,16,17)/t11-/m1/s1. The highest BCUT2D eigenvalue weighted by molar-refractivity contribution is 6.31. The molecule has 0 bridgehead atoms. The number of halogens is 1. The second kappa shape index (κ2) is 4.55. The maximum absolute atomic E-state index is 11.7. The van der Waals surface area contributed by atoms with Crippen molar-refractivity contribution in [1.29, 1.82) is 0 Å². The molecule has 1 aliphatic rings. The topological polar surface area (TPSA) is 59.2 Å². The number of hydrogen-bond donors (Lipinski definition) is 1. The minimum Gasteiger partial charge on any atom is -0.453 e. The van der Waals surface area contributed by atoms with Gasteiger partial charge in [0.05, 0.1) is 0 Å². The Morgan fingerprint density at radius 3 is 2.79 bits per heavy atom. The van der Waals surface area contributed by atoms with E-state index in [0.29, 0.717) is 17.0 Å². The number of esters is 1. The summed E-state index contributed by atoms with van der Waals surface area (Å²) in [6, 6.07) is 9.07. The van der Waals surface area contributed by atoms with Crippen LogP contribution < -0.4 is 5.56 Å². The van der Waals surface area contributed by atoms with E-state index >= 15 is 0 Å². The first-order valence-corrected chi connectivity index (χ1v) is 6.20. The van der Waals surface area contributed by atoms with Gasteiger partial charge in [0.15, 0.2) is 0 Å². The van der Waals surface area contributed by atoms with Crippen molar-refractivity contribution in [2.24, 2.45) is 0 Å². The number of carbonyl (C=O) groups is 1. The summed E-state index contributed by atoms with van der Waals surface area (Å²) >= 11 is 6.09. The number of cyclic esters (lactones) is 1. The summed E-state index contributed by atoms with van der Waals surface area (Å²) in [4.78, 5) is 25.8. The van der Waals surface area contributed by atoms with Crippen molar-refractivity contribution in [3.05, 3.63) is 68.6 Å². The molecule has 0 amide bonds. The fraction of sp³-hybridized carbons (Fsp3) is 0.143. The van der Waals surface area contributed by atoms with Crippen molar-refractivity contribution < 1.29 is 9.53 Å². The highest BCUT2D eigenvalue weighted by Gasteiger charge is 2.33. The Labute approximate surface area is 114 Å². The van der Waals surface area contributed by atoms with Gasteiger partial charge in [0.25, 0.3) is 5.56 Å². The summed E-state index contributed by atoms with van der Waals surface area (Å²) in [5.74, 6) is -0.575. The molecule has 1 aromatic heterocycles. The summed E-state index contributed by atoms with van der Waals surface area (Å²) in [7, 11) is 0. The van der Waals surface area contributed by atoms with Crippen molar-refractivity contribution >= 4 is 17.6 Å². The van der Waals surface area contributed by atoms with E-state index in [1.807, 2.05) is 18.2 Å². The zero-order chi connectivity index (χ0) is 13.4. The van der Waals surface area contributed by atoms with Crippen LogP contribution in [0.25, 0.3) is 0 Å². The Kier molecular flexibility index (Phi) is 2.87. The molecule has 3 rings (SSSR count). The smallest absolute Gasteiger partial charge is 0.344 e. The average Bonchev–Trinajstić information content (AvgIpc) is 2.71. The van der Waals surface area contributed by atoms with E-state index in [1.165, 1.54) is 6.20 Å². The van der Waals surface area contributed by atoms with Gasteiger partial charge in [0, 0.05) is 23.2 Å². The van der Waals surface area contributed by atoms with Crippen LogP contribution in [0, 0.1) is 0 Å². The van der Waals surface area contributed by atoms with Gasteiger partial charge in [0.1, 0.15) is 11.7 Å². The van der Waals surface area contributed by atoms with Gasteiger partial charge in [-0.15, -0.1) is 0 Å². The van der Waals surface area contributed by atoms with Crippen molar-refractivity contribution in [2.75, 3.05) is 0 Å². The SMILES string of the molecule is O=C1O[C@H](Cc2ccccc2Cl)c2cc[nH]c(=O)c21. The first kappa shape index (κ1) is 12.0. The highest BCUT2D eigenvalue weighted by atomic mass is 35.5. The Morgan fingerprint density at radius 1 is 1.21 bits per heavy atom. The number of hydrogen-bond acceptors (Lipinski definition) is 3. The second-order valence-electron chi connectivity index (χ2n) is 4.33. The van der Waals surface area contributed by atoms with Crippen LogP contribution in [-0.2, 0) is 11.2 Å². The number of pyridine rings is 1. The third-order valence-corrected chi connectivity index (χ3v) is 3.53. The molecule has 1 atom stereocenters. The summed E-state index contributed by atoms with van der Waals surface area (Å²) in [6.07, 6.45) is 1.52. The van der Waals surface area contributed by atoms with Crippen LogP contribution in [-0.4, -0.2) is 11.0 Å². The number of carbonyl (C=O) groups excluding carboxylic acids is 1. The maximum Gasteiger partial charge on any atom is 0.344 e. The van der Waals surface area contributed by atoms with Crippen LogP contribution in [0.1, 0.15) is 27.6 Å². The summed E-state index contributed by atoms with van der Waals surface area (Å²) in [5.41, 5.74) is 1.19. The maximum atomic E-state index is 11.7. The predicted molar refractivity (Wildman–Crippen MR) is 70.4 cm³/mol. The molecule has 0 unspecified atom stereocenters. The van der Waals surface area contributed by atoms with Gasteiger partial charge in [-0.05, 0) is 17.7 Å². The van der Waals surface area contributed by atoms with E-state index in [9.17, 15) is 9.59 Å². The molecular formula is C14H10ClNO3. The van der Waals surface area contributed by atoms with E-state index in [1.54, 1.807) is 12.1 Å². The summed E-state index contributed by atoms with van der Waals surface area (Å²) in [6.45, 7) is 0. The molecule has 0 aliphatic carbocycles. The number of ether oxygens (including phenoxy) is 1. The summed E-state index contributed by atoms with van der Waals surface area (Å²) < 4.78 is 5.25. The Hall–Kier alpha value is -2.07. The molecule has 96 valence electrons. The van der Waals surface area contributed by atoms with Crippen LogP contribution in [0.2, 0.25) is 5.02 Å². The zero-order valence-electron chi connectivity index (χ0n) is 9.85. The van der Waals surface area contributed by atoms with Gasteiger partial charge in [-0.25, -0.2) is 4.79 Å². The van der Waals surface area contributed by atoms with Gasteiger partial charge in [0.2, 0.25) is 0 Å². The lowest BCUT2D eigenvalue weighted by Gasteiger charge is -2.11. The van der Waals surface area contributed by atoms with E-state index in [0.717, 1.165) is 5.56 Å². The molecule has 0 saturated heterocycles. The van der Waals surface area contributed by atoms with Gasteiger partial charge in [-0.1, -0.05) is 29.8 Å². The predicted octanol–water partition coefficient (Wildman–Crippen LogP) is 2.48. The van der Waals surface area contributed by atoms with Crippen molar-refractivity contribution in [3.8, 4) is 0 Å². The lowest BCUT2D eigenvalue weighted by atomic mass is 10.0. The molecule has 19 heavy (non-hydrogen) atoms. The van der Waals surface area contributed by atoms with E-state index < -0.39 is 17.6 Å². The molecule has 0 spiro atoms. The van der Waals surface area contributed by atoms with Crippen LogP contribution in [0.15, 0.2) is 41.3 Å². The number of aromatic nitrogens is 1. The van der Waals surface area contributed by atoms with Gasteiger partial charge in [-0.3, -0.25) is 4.79 Å². The molecule has 1 N–H and O–H groups in total. The Morgan fingerprint density at radius 2 is 2.00 bits per heavy atom. The van der Waals surface area contributed by atoms with Crippen LogP contribution in [0.4, 0.5) is 0 Å². The molecule has 0 saturated carbocycles. The Balaban J connectivity index is 1.98. The third kappa shape index (κ3) is 2.04. The van der Waals surface area contributed by atoms with Gasteiger partial charge >= 0.3 is 5.97 Å². The third-order valence-electron chi connectivity index (χ3n) is 3.16. The molecule has 1 aromatic carbocycles. The molecule has 5 heteroatoms. The van der Waals surface area contributed by atoms with Crippen LogP contribution >= 0.6 is 11.6 Å². The van der Waals surface area contributed by atoms with E-state index in [4.69, 9.17) is 16.3 Å². The van der Waals surface area contributed by atoms with Crippen molar-refractivity contribution in [2.45, 2.75) is 12.5 Å². The first-order chi connectivity index (χ1) is 9.16. The molecule has 2 aromatic rings.